The number of piperazine rings is 1. The monoisotopic (exact) mass is 238 g/mol. The van der Waals surface area contributed by atoms with Gasteiger partial charge in [-0.2, -0.15) is 0 Å². The smallest absolute Gasteiger partial charge is 0.246 e. The quantitative estimate of drug-likeness (QED) is 0.788. The predicted octanol–water partition coefficient (Wildman–Crippen LogP) is 1.30. The van der Waals surface area contributed by atoms with Crippen molar-refractivity contribution in [3.8, 4) is 0 Å². The molecule has 2 amide bonds. The van der Waals surface area contributed by atoms with Crippen LogP contribution in [0.2, 0.25) is 0 Å². The average molecular weight is 238 g/mol. The summed E-state index contributed by atoms with van der Waals surface area (Å²) in [4.78, 5) is 26.1. The molecule has 0 aromatic carbocycles. The first-order valence-corrected chi connectivity index (χ1v) is 6.68. The molecule has 17 heavy (non-hydrogen) atoms. The molecule has 4 heteroatoms. The van der Waals surface area contributed by atoms with E-state index in [1.54, 1.807) is 0 Å². The van der Waals surface area contributed by atoms with Crippen LogP contribution in [-0.4, -0.2) is 34.8 Å². The summed E-state index contributed by atoms with van der Waals surface area (Å²) in [6, 6.07) is -0.361. The number of nitrogens with zero attached hydrogens (tertiary/aromatic N) is 1. The zero-order valence-corrected chi connectivity index (χ0v) is 10.9. The fourth-order valence-corrected chi connectivity index (χ4v) is 3.12. The Kier molecular flexibility index (Phi) is 3.40. The van der Waals surface area contributed by atoms with Crippen LogP contribution in [-0.2, 0) is 9.59 Å². The highest BCUT2D eigenvalue weighted by Gasteiger charge is 2.43. The van der Waals surface area contributed by atoms with E-state index in [2.05, 4.69) is 12.2 Å². The first-order valence-electron chi connectivity index (χ1n) is 6.68. The highest BCUT2D eigenvalue weighted by molar-refractivity contribution is 5.96. The van der Waals surface area contributed by atoms with Crippen molar-refractivity contribution in [1.29, 1.82) is 0 Å². The fraction of sp³-hybridized carbons (Fsp3) is 0.846. The van der Waals surface area contributed by atoms with Crippen LogP contribution < -0.4 is 5.32 Å². The molecule has 1 aliphatic carbocycles. The molecular formula is C13H22N2O2. The molecule has 1 saturated heterocycles. The van der Waals surface area contributed by atoms with E-state index in [1.165, 1.54) is 12.8 Å². The molecule has 1 N–H and O–H groups in total. The van der Waals surface area contributed by atoms with Gasteiger partial charge in [0.25, 0.3) is 0 Å². The summed E-state index contributed by atoms with van der Waals surface area (Å²) < 4.78 is 0. The highest BCUT2D eigenvalue weighted by atomic mass is 16.2. The second kappa shape index (κ2) is 4.67. The maximum Gasteiger partial charge on any atom is 0.246 e. The molecule has 4 atom stereocenters. The predicted molar refractivity (Wildman–Crippen MR) is 65.3 cm³/mol. The number of hydrogen-bond acceptors (Lipinski definition) is 2. The van der Waals surface area contributed by atoms with Crippen LogP contribution in [0.25, 0.3) is 0 Å². The van der Waals surface area contributed by atoms with Gasteiger partial charge < -0.3 is 10.2 Å². The van der Waals surface area contributed by atoms with Gasteiger partial charge in [-0.3, -0.25) is 9.59 Å². The minimum atomic E-state index is -0.313. The van der Waals surface area contributed by atoms with Gasteiger partial charge in [-0.15, -0.1) is 0 Å². The second-order valence-electron chi connectivity index (χ2n) is 5.37. The molecule has 0 radical (unpaired) electrons. The SMILES string of the molecule is CCC1NC(=O)C(C)N(C2CCCC2C)C1=O. The standard InChI is InChI=1S/C13H22N2O2/c1-4-10-13(17)15(9(3)12(16)14-10)11-7-5-6-8(11)2/h8-11H,4-7H2,1-3H3,(H,14,16). The Morgan fingerprint density at radius 1 is 1.29 bits per heavy atom. The van der Waals surface area contributed by atoms with Gasteiger partial charge in [-0.1, -0.05) is 20.3 Å². The second-order valence-corrected chi connectivity index (χ2v) is 5.37. The number of amides is 2. The number of nitrogens with one attached hydrogen (secondary N) is 1. The van der Waals surface area contributed by atoms with E-state index < -0.39 is 0 Å². The van der Waals surface area contributed by atoms with Crippen LogP contribution >= 0.6 is 0 Å². The average Bonchev–Trinajstić information content (AvgIpc) is 2.71. The third-order valence-electron chi connectivity index (χ3n) is 4.25. The van der Waals surface area contributed by atoms with Crippen LogP contribution in [0.4, 0.5) is 0 Å². The highest BCUT2D eigenvalue weighted by Crippen LogP contribution is 2.32. The van der Waals surface area contributed by atoms with Crippen molar-refractivity contribution >= 4 is 11.8 Å². The van der Waals surface area contributed by atoms with Crippen molar-refractivity contribution in [3.05, 3.63) is 0 Å². The molecule has 2 fully saturated rings. The van der Waals surface area contributed by atoms with Gasteiger partial charge in [0.05, 0.1) is 0 Å². The summed E-state index contributed by atoms with van der Waals surface area (Å²) >= 11 is 0. The summed E-state index contributed by atoms with van der Waals surface area (Å²) in [5, 5.41) is 2.80. The van der Waals surface area contributed by atoms with Gasteiger partial charge >= 0.3 is 0 Å². The van der Waals surface area contributed by atoms with Gasteiger partial charge in [0.2, 0.25) is 11.8 Å². The van der Waals surface area contributed by atoms with Crippen molar-refractivity contribution in [2.24, 2.45) is 5.92 Å². The van der Waals surface area contributed by atoms with Gasteiger partial charge in [0, 0.05) is 6.04 Å². The molecule has 2 rings (SSSR count). The Balaban J connectivity index is 2.22. The van der Waals surface area contributed by atoms with Crippen LogP contribution in [0, 0.1) is 5.92 Å². The summed E-state index contributed by atoms with van der Waals surface area (Å²) in [5.41, 5.74) is 0. The van der Waals surface area contributed by atoms with Gasteiger partial charge in [-0.25, -0.2) is 0 Å². The molecule has 96 valence electrons. The molecular weight excluding hydrogens is 216 g/mol. The third kappa shape index (κ3) is 2.05. The molecule has 1 aliphatic heterocycles. The van der Waals surface area contributed by atoms with Crippen LogP contribution in [0.5, 0.6) is 0 Å². The summed E-state index contributed by atoms with van der Waals surface area (Å²) in [7, 11) is 0. The maximum atomic E-state index is 12.4. The zero-order chi connectivity index (χ0) is 12.6. The lowest BCUT2D eigenvalue weighted by Crippen LogP contribution is -2.65. The molecule has 4 nitrogen and oxygen atoms in total. The molecule has 4 unspecified atom stereocenters. The molecule has 2 aliphatic rings. The summed E-state index contributed by atoms with van der Waals surface area (Å²) in [5.74, 6) is 0.624. The third-order valence-corrected chi connectivity index (χ3v) is 4.25. The minimum absolute atomic E-state index is 0.00412. The zero-order valence-electron chi connectivity index (χ0n) is 10.9. The van der Waals surface area contributed by atoms with Gasteiger partial charge in [0.1, 0.15) is 12.1 Å². The Morgan fingerprint density at radius 3 is 2.53 bits per heavy atom. The van der Waals surface area contributed by atoms with E-state index in [1.807, 2.05) is 18.7 Å². The van der Waals surface area contributed by atoms with Crippen LogP contribution in [0.3, 0.4) is 0 Å². The van der Waals surface area contributed by atoms with Crippen molar-refractivity contribution in [3.63, 3.8) is 0 Å². The van der Waals surface area contributed by atoms with Crippen LogP contribution in [0.1, 0.15) is 46.5 Å². The van der Waals surface area contributed by atoms with Crippen molar-refractivity contribution < 1.29 is 9.59 Å². The lowest BCUT2D eigenvalue weighted by molar-refractivity contribution is -0.152. The Hall–Kier alpha value is -1.06. The first kappa shape index (κ1) is 12.4. The largest absolute Gasteiger partial charge is 0.343 e. The Morgan fingerprint density at radius 2 is 2.00 bits per heavy atom. The first-order chi connectivity index (χ1) is 8.06. The van der Waals surface area contributed by atoms with Gasteiger partial charge in [0.15, 0.2) is 0 Å². The minimum Gasteiger partial charge on any atom is -0.343 e. The Labute approximate surface area is 103 Å². The van der Waals surface area contributed by atoms with E-state index >= 15 is 0 Å². The van der Waals surface area contributed by atoms with Crippen LogP contribution in [0.15, 0.2) is 0 Å². The summed E-state index contributed by atoms with van der Waals surface area (Å²) in [6.45, 7) is 5.96. The number of carbonyl (C=O) groups excluding carboxylic acids is 2. The molecule has 0 aromatic heterocycles. The van der Waals surface area contributed by atoms with E-state index in [0.29, 0.717) is 12.3 Å². The molecule has 1 saturated carbocycles. The van der Waals surface area contributed by atoms with E-state index in [-0.39, 0.29) is 29.9 Å². The van der Waals surface area contributed by atoms with Crippen molar-refractivity contribution in [1.82, 2.24) is 10.2 Å². The molecule has 0 bridgehead atoms. The normalized spacial score (nSPS) is 38.4. The van der Waals surface area contributed by atoms with E-state index in [9.17, 15) is 9.59 Å². The number of carbonyl (C=O) groups is 2. The lowest BCUT2D eigenvalue weighted by Gasteiger charge is -2.42. The van der Waals surface area contributed by atoms with Crippen molar-refractivity contribution in [2.45, 2.75) is 64.6 Å². The summed E-state index contributed by atoms with van der Waals surface area (Å²) in [6.07, 6.45) is 4.05. The Bertz CT molecular complexity index is 329. The lowest BCUT2D eigenvalue weighted by atomic mass is 9.98. The molecule has 1 heterocycles. The number of hydrogen-bond donors (Lipinski definition) is 1. The number of rotatable bonds is 2. The fourth-order valence-electron chi connectivity index (χ4n) is 3.12. The molecule has 0 spiro atoms. The van der Waals surface area contributed by atoms with E-state index in [4.69, 9.17) is 0 Å². The maximum absolute atomic E-state index is 12.4. The topological polar surface area (TPSA) is 49.4 Å². The van der Waals surface area contributed by atoms with Gasteiger partial charge in [-0.05, 0) is 32.1 Å². The van der Waals surface area contributed by atoms with Crippen molar-refractivity contribution in [2.75, 3.05) is 0 Å². The molecule has 0 aromatic rings. The van der Waals surface area contributed by atoms with E-state index in [0.717, 1.165) is 6.42 Å².